The van der Waals surface area contributed by atoms with Crippen LogP contribution < -0.4 is 5.32 Å². The first-order valence-electron chi connectivity index (χ1n) is 5.93. The van der Waals surface area contributed by atoms with E-state index >= 15 is 0 Å². The lowest BCUT2D eigenvalue weighted by molar-refractivity contribution is -0.367. The van der Waals surface area contributed by atoms with Crippen LogP contribution in [-0.2, 0) is 38.6 Å². The van der Waals surface area contributed by atoms with E-state index in [1.54, 1.807) is 7.05 Å². The summed E-state index contributed by atoms with van der Waals surface area (Å²) in [7, 11) is 2.82. The van der Waals surface area contributed by atoms with E-state index < -0.39 is 5.91 Å². The van der Waals surface area contributed by atoms with Gasteiger partial charge < -0.3 is 19.7 Å². The van der Waals surface area contributed by atoms with Gasteiger partial charge in [0.1, 0.15) is 19.4 Å². The maximum absolute atomic E-state index is 10.9. The van der Waals surface area contributed by atoms with Crippen LogP contribution in [0.2, 0.25) is 0 Å². The molecule has 0 aliphatic rings. The molecule has 0 aliphatic heterocycles. The van der Waals surface area contributed by atoms with E-state index in [0.29, 0.717) is 19.1 Å². The minimum atomic E-state index is -0.441. The average Bonchev–Trinajstić information content (AvgIpc) is 2.57. The third-order valence-corrected chi connectivity index (χ3v) is 1.79. The molecule has 126 valence electrons. The highest BCUT2D eigenvalue weighted by Crippen LogP contribution is 1.94. The topological polar surface area (TPSA) is 136 Å². The van der Waals surface area contributed by atoms with Crippen molar-refractivity contribution in [2.75, 3.05) is 14.1 Å². The fourth-order valence-electron chi connectivity index (χ4n) is 0.779. The molecule has 0 saturated carbocycles. The lowest BCUT2D eigenvalue weighted by Crippen LogP contribution is -2.26. The van der Waals surface area contributed by atoms with Crippen molar-refractivity contribution in [2.24, 2.45) is 0 Å². The Morgan fingerprint density at radius 2 is 1.59 bits per heavy atom. The number of carbonyl (C=O) groups excluding carboxylic acids is 6. The molecule has 10 heteroatoms. The number of nitrogens with one attached hydrogen (secondary N) is 1. The molecule has 0 spiro atoms. The van der Waals surface area contributed by atoms with Gasteiger partial charge in [0, 0.05) is 39.8 Å². The first-order valence-corrected chi connectivity index (χ1v) is 5.93. The van der Waals surface area contributed by atoms with Crippen LogP contribution in [0.15, 0.2) is 0 Å². The molecule has 0 heterocycles. The van der Waals surface area contributed by atoms with Gasteiger partial charge in [0.25, 0.3) is 0 Å². The molecule has 0 atom stereocenters. The summed E-state index contributed by atoms with van der Waals surface area (Å²) < 4.78 is 0. The molecular formula is C12H20N2O8. The summed E-state index contributed by atoms with van der Waals surface area (Å²) in [6.07, 6.45) is 2.12. The van der Waals surface area contributed by atoms with Gasteiger partial charge in [0.2, 0.25) is 11.8 Å². The standard InChI is InChI=1S/C6H9NO5.C5H9NO2.CH2O/c1-7(12-11-5-9)6(10)3-2-4-8;1-6-5(8)3-2-4-7;1-2/h4-5H,2-3H2,1H3;4H,2-3H2,1H3,(H,6,8);1H2. The maximum atomic E-state index is 10.9. The van der Waals surface area contributed by atoms with Gasteiger partial charge >= 0.3 is 6.47 Å². The van der Waals surface area contributed by atoms with E-state index in [9.17, 15) is 24.0 Å². The molecule has 0 aliphatic carbocycles. The van der Waals surface area contributed by atoms with Gasteiger partial charge in [-0.3, -0.25) is 19.3 Å². The van der Waals surface area contributed by atoms with Crippen LogP contribution in [0.25, 0.3) is 0 Å². The zero-order chi connectivity index (χ0) is 17.8. The molecular weight excluding hydrogens is 300 g/mol. The Hall–Kier alpha value is -2.62. The molecule has 0 aromatic carbocycles. The largest absolute Gasteiger partial charge is 0.359 e. The normalized spacial score (nSPS) is 7.91. The summed E-state index contributed by atoms with van der Waals surface area (Å²) in [6, 6.07) is 0. The van der Waals surface area contributed by atoms with Crippen molar-refractivity contribution in [3.8, 4) is 0 Å². The van der Waals surface area contributed by atoms with Crippen LogP contribution in [0.1, 0.15) is 25.7 Å². The zero-order valence-electron chi connectivity index (χ0n) is 12.5. The first kappa shape index (κ1) is 24.4. The van der Waals surface area contributed by atoms with E-state index in [0.717, 1.165) is 11.3 Å². The SMILES string of the molecule is C=O.CN(OOC=O)C(=O)CCC=O.CNC(=O)CCC=O. The minimum Gasteiger partial charge on any atom is -0.359 e. The molecule has 0 rings (SSSR count). The van der Waals surface area contributed by atoms with Gasteiger partial charge in [0.15, 0.2) is 0 Å². The van der Waals surface area contributed by atoms with E-state index in [4.69, 9.17) is 4.79 Å². The van der Waals surface area contributed by atoms with Crippen molar-refractivity contribution in [3.05, 3.63) is 0 Å². The van der Waals surface area contributed by atoms with E-state index in [1.165, 1.54) is 7.05 Å². The highest BCUT2D eigenvalue weighted by atomic mass is 17.3. The van der Waals surface area contributed by atoms with Crippen LogP contribution in [-0.4, -0.2) is 56.8 Å². The molecule has 22 heavy (non-hydrogen) atoms. The Bertz CT molecular complexity index is 335. The summed E-state index contributed by atoms with van der Waals surface area (Å²) in [5, 5.41) is 3.14. The summed E-state index contributed by atoms with van der Waals surface area (Å²) >= 11 is 0. The third-order valence-electron chi connectivity index (χ3n) is 1.79. The fraction of sp³-hybridized carbons (Fsp3) is 0.500. The predicted molar refractivity (Wildman–Crippen MR) is 72.8 cm³/mol. The number of carbonyl (C=O) groups is 6. The van der Waals surface area contributed by atoms with Gasteiger partial charge in [-0.05, 0) is 0 Å². The molecule has 0 aromatic rings. The van der Waals surface area contributed by atoms with Crippen LogP contribution >= 0.6 is 0 Å². The molecule has 0 aromatic heterocycles. The molecule has 1 N–H and O–H groups in total. The van der Waals surface area contributed by atoms with Gasteiger partial charge in [-0.2, -0.15) is 5.06 Å². The number of nitrogens with zero attached hydrogens (tertiary/aromatic N) is 1. The van der Waals surface area contributed by atoms with E-state index in [-0.39, 0.29) is 25.2 Å². The first-order chi connectivity index (χ1) is 10.5. The van der Waals surface area contributed by atoms with Crippen molar-refractivity contribution >= 4 is 37.6 Å². The Morgan fingerprint density at radius 3 is 2.00 bits per heavy atom. The number of aldehydes is 2. The average molecular weight is 320 g/mol. The molecule has 0 unspecified atom stereocenters. The second-order valence-corrected chi connectivity index (χ2v) is 3.24. The number of amides is 2. The Morgan fingerprint density at radius 1 is 1.09 bits per heavy atom. The Labute approximate surface area is 127 Å². The smallest absolute Gasteiger partial charge is 0.333 e. The van der Waals surface area contributed by atoms with Crippen molar-refractivity contribution < 1.29 is 38.6 Å². The number of hydrogen-bond acceptors (Lipinski definition) is 8. The molecule has 0 bridgehead atoms. The number of hydroxylamine groups is 2. The zero-order valence-corrected chi connectivity index (χ0v) is 12.5. The van der Waals surface area contributed by atoms with Gasteiger partial charge in [-0.15, -0.1) is 0 Å². The Balaban J connectivity index is -0.000000313. The molecule has 0 saturated heterocycles. The maximum Gasteiger partial charge on any atom is 0.333 e. The van der Waals surface area contributed by atoms with Crippen molar-refractivity contribution in [1.82, 2.24) is 10.4 Å². The lowest BCUT2D eigenvalue weighted by atomic mass is 10.3. The highest BCUT2D eigenvalue weighted by molar-refractivity contribution is 5.77. The van der Waals surface area contributed by atoms with Crippen LogP contribution in [0.4, 0.5) is 0 Å². The highest BCUT2D eigenvalue weighted by Gasteiger charge is 2.08. The molecule has 0 radical (unpaired) electrons. The molecule has 2 amide bonds. The lowest BCUT2D eigenvalue weighted by Gasteiger charge is -2.11. The Kier molecular flexibility index (Phi) is 23.0. The van der Waals surface area contributed by atoms with Crippen molar-refractivity contribution in [2.45, 2.75) is 25.7 Å². The minimum absolute atomic E-state index is 0.0300. The quantitative estimate of drug-likeness (QED) is 0.323. The van der Waals surface area contributed by atoms with Crippen molar-refractivity contribution in [1.29, 1.82) is 0 Å². The van der Waals surface area contributed by atoms with E-state index in [1.807, 2.05) is 6.79 Å². The van der Waals surface area contributed by atoms with E-state index in [2.05, 4.69) is 15.2 Å². The predicted octanol–water partition coefficient (Wildman–Crippen LogP) is -1.03. The summed E-state index contributed by atoms with van der Waals surface area (Å²) in [6.45, 7) is 2.05. The number of rotatable bonds is 9. The molecule has 10 nitrogen and oxygen atoms in total. The summed E-state index contributed by atoms with van der Waals surface area (Å²) in [4.78, 5) is 66.2. The third kappa shape index (κ3) is 19.7. The second-order valence-electron chi connectivity index (χ2n) is 3.24. The van der Waals surface area contributed by atoms with Gasteiger partial charge in [-0.1, -0.05) is 4.99 Å². The summed E-state index contributed by atoms with van der Waals surface area (Å²) in [5.41, 5.74) is 0. The fourth-order valence-corrected chi connectivity index (χ4v) is 0.779. The number of hydrogen-bond donors (Lipinski definition) is 1. The van der Waals surface area contributed by atoms with Crippen molar-refractivity contribution in [3.63, 3.8) is 0 Å². The van der Waals surface area contributed by atoms with Crippen LogP contribution in [0, 0.1) is 0 Å². The second kappa shape index (κ2) is 20.7. The van der Waals surface area contributed by atoms with Crippen LogP contribution in [0.5, 0.6) is 0 Å². The monoisotopic (exact) mass is 320 g/mol. The summed E-state index contributed by atoms with van der Waals surface area (Å²) in [5.74, 6) is -0.527. The van der Waals surface area contributed by atoms with Crippen LogP contribution in [0.3, 0.4) is 0 Å². The van der Waals surface area contributed by atoms with Gasteiger partial charge in [0.05, 0.1) is 0 Å². The molecule has 0 fully saturated rings. The van der Waals surface area contributed by atoms with Gasteiger partial charge in [-0.25, -0.2) is 0 Å².